The zero-order valence-corrected chi connectivity index (χ0v) is 12.0. The lowest BCUT2D eigenvalue weighted by atomic mass is 10.0. The molecule has 4 nitrogen and oxygen atoms in total. The van der Waals surface area contributed by atoms with Gasteiger partial charge in [-0.1, -0.05) is 6.92 Å². The standard InChI is InChI=1S/C15H23NO3/c1-8(15(18)19-3)7-16(2)14(17)13-11-9-4-5-10(6-9)12(11)13/h8-13H,4-7H2,1-3H3. The van der Waals surface area contributed by atoms with E-state index >= 15 is 0 Å². The van der Waals surface area contributed by atoms with Gasteiger partial charge in [0.05, 0.1) is 13.0 Å². The molecular formula is C15H23NO3. The van der Waals surface area contributed by atoms with E-state index in [4.69, 9.17) is 4.74 Å². The summed E-state index contributed by atoms with van der Waals surface area (Å²) in [5.74, 6) is 3.00. The van der Waals surface area contributed by atoms with E-state index in [2.05, 4.69) is 0 Å². The Bertz CT molecular complexity index is 392. The number of hydrogen-bond acceptors (Lipinski definition) is 3. The maximum atomic E-state index is 12.5. The molecule has 106 valence electrons. The van der Waals surface area contributed by atoms with Crippen molar-refractivity contribution in [3.8, 4) is 0 Å². The van der Waals surface area contributed by atoms with Crippen molar-refractivity contribution in [1.29, 1.82) is 0 Å². The molecule has 0 heterocycles. The van der Waals surface area contributed by atoms with Gasteiger partial charge in [0.1, 0.15) is 0 Å². The van der Waals surface area contributed by atoms with Crippen molar-refractivity contribution in [2.75, 3.05) is 20.7 Å². The normalized spacial score (nSPS) is 39.6. The van der Waals surface area contributed by atoms with Gasteiger partial charge in [-0.05, 0) is 42.9 Å². The number of nitrogens with zero attached hydrogens (tertiary/aromatic N) is 1. The van der Waals surface area contributed by atoms with Gasteiger partial charge in [-0.25, -0.2) is 0 Å². The quantitative estimate of drug-likeness (QED) is 0.724. The highest BCUT2D eigenvalue weighted by Gasteiger charge is 2.67. The summed E-state index contributed by atoms with van der Waals surface area (Å²) in [5.41, 5.74) is 0. The van der Waals surface area contributed by atoms with Crippen molar-refractivity contribution < 1.29 is 14.3 Å². The van der Waals surface area contributed by atoms with Gasteiger partial charge < -0.3 is 9.64 Å². The third kappa shape index (κ3) is 1.96. The zero-order valence-electron chi connectivity index (χ0n) is 12.0. The van der Waals surface area contributed by atoms with Crippen LogP contribution < -0.4 is 0 Å². The van der Waals surface area contributed by atoms with Crippen LogP contribution in [0, 0.1) is 35.5 Å². The summed E-state index contributed by atoms with van der Waals surface area (Å²) in [4.78, 5) is 25.6. The summed E-state index contributed by atoms with van der Waals surface area (Å²) >= 11 is 0. The molecule has 0 aromatic heterocycles. The highest BCUT2D eigenvalue weighted by Crippen LogP contribution is 2.69. The number of ether oxygens (including phenoxy) is 1. The number of esters is 1. The zero-order chi connectivity index (χ0) is 13.7. The predicted molar refractivity (Wildman–Crippen MR) is 70.1 cm³/mol. The van der Waals surface area contributed by atoms with E-state index in [1.54, 1.807) is 4.90 Å². The fraction of sp³-hybridized carbons (Fsp3) is 0.867. The van der Waals surface area contributed by atoms with Crippen LogP contribution >= 0.6 is 0 Å². The first-order valence-electron chi connectivity index (χ1n) is 7.37. The molecule has 0 aliphatic heterocycles. The van der Waals surface area contributed by atoms with E-state index in [1.165, 1.54) is 26.4 Å². The Morgan fingerprint density at radius 3 is 2.37 bits per heavy atom. The number of rotatable bonds is 4. The topological polar surface area (TPSA) is 46.6 Å². The van der Waals surface area contributed by atoms with E-state index in [1.807, 2.05) is 14.0 Å². The fourth-order valence-corrected chi connectivity index (χ4v) is 4.69. The minimum absolute atomic E-state index is 0.240. The van der Waals surface area contributed by atoms with Gasteiger partial charge in [-0.2, -0.15) is 0 Å². The van der Waals surface area contributed by atoms with E-state index < -0.39 is 0 Å². The monoisotopic (exact) mass is 265 g/mol. The van der Waals surface area contributed by atoms with E-state index in [0.717, 1.165) is 11.8 Å². The van der Waals surface area contributed by atoms with Crippen LogP contribution in [0.25, 0.3) is 0 Å². The summed E-state index contributed by atoms with van der Waals surface area (Å²) in [6.07, 6.45) is 4.02. The lowest BCUT2D eigenvalue weighted by Gasteiger charge is -2.21. The van der Waals surface area contributed by atoms with Crippen LogP contribution in [-0.2, 0) is 14.3 Å². The van der Waals surface area contributed by atoms with Crippen molar-refractivity contribution in [3.63, 3.8) is 0 Å². The first kappa shape index (κ1) is 12.9. The molecule has 5 atom stereocenters. The summed E-state index contributed by atoms with van der Waals surface area (Å²) in [6, 6.07) is 0. The Morgan fingerprint density at radius 1 is 1.26 bits per heavy atom. The molecule has 0 saturated heterocycles. The van der Waals surface area contributed by atoms with Crippen molar-refractivity contribution >= 4 is 11.9 Å². The number of amides is 1. The molecule has 0 N–H and O–H groups in total. The average molecular weight is 265 g/mol. The van der Waals surface area contributed by atoms with Crippen LogP contribution in [-0.4, -0.2) is 37.5 Å². The van der Waals surface area contributed by atoms with Gasteiger partial charge in [0.25, 0.3) is 0 Å². The molecule has 3 fully saturated rings. The largest absolute Gasteiger partial charge is 0.469 e. The van der Waals surface area contributed by atoms with Gasteiger partial charge in [-0.15, -0.1) is 0 Å². The summed E-state index contributed by atoms with van der Waals surface area (Å²) in [7, 11) is 3.21. The maximum Gasteiger partial charge on any atom is 0.310 e. The van der Waals surface area contributed by atoms with E-state index in [-0.39, 0.29) is 23.7 Å². The molecule has 2 bridgehead atoms. The Balaban J connectivity index is 1.56. The molecule has 5 unspecified atom stereocenters. The lowest BCUT2D eigenvalue weighted by Crippen LogP contribution is -2.36. The first-order valence-corrected chi connectivity index (χ1v) is 7.37. The number of carbonyl (C=O) groups excluding carboxylic acids is 2. The maximum absolute atomic E-state index is 12.5. The number of carbonyl (C=O) groups is 2. The molecule has 19 heavy (non-hydrogen) atoms. The average Bonchev–Trinajstić information content (AvgIpc) is 2.83. The molecule has 3 aliphatic carbocycles. The van der Waals surface area contributed by atoms with Crippen LogP contribution in [0.15, 0.2) is 0 Å². The number of methoxy groups -OCH3 is 1. The molecular weight excluding hydrogens is 242 g/mol. The third-order valence-corrected chi connectivity index (χ3v) is 5.55. The highest BCUT2D eigenvalue weighted by atomic mass is 16.5. The summed E-state index contributed by atoms with van der Waals surface area (Å²) < 4.78 is 4.71. The van der Waals surface area contributed by atoms with Crippen LogP contribution in [0.4, 0.5) is 0 Å². The molecule has 0 spiro atoms. The van der Waals surface area contributed by atoms with Crippen molar-refractivity contribution in [1.82, 2.24) is 4.90 Å². The molecule has 3 aliphatic rings. The second-order valence-electron chi connectivity index (χ2n) is 6.66. The Kier molecular flexibility index (Phi) is 3.06. The smallest absolute Gasteiger partial charge is 0.310 e. The predicted octanol–water partition coefficient (Wildman–Crippen LogP) is 1.55. The Morgan fingerprint density at radius 2 is 1.84 bits per heavy atom. The van der Waals surface area contributed by atoms with Crippen LogP contribution in [0.3, 0.4) is 0 Å². The molecule has 0 aromatic rings. The van der Waals surface area contributed by atoms with Gasteiger partial charge in [0, 0.05) is 19.5 Å². The molecule has 0 aromatic carbocycles. The Hall–Kier alpha value is -1.06. The summed E-state index contributed by atoms with van der Waals surface area (Å²) in [6.45, 7) is 2.28. The molecule has 3 saturated carbocycles. The van der Waals surface area contributed by atoms with Crippen molar-refractivity contribution in [3.05, 3.63) is 0 Å². The molecule has 4 heteroatoms. The fourth-order valence-electron chi connectivity index (χ4n) is 4.69. The second kappa shape index (κ2) is 4.50. The van der Waals surface area contributed by atoms with Gasteiger partial charge in [-0.3, -0.25) is 9.59 Å². The molecule has 3 rings (SSSR count). The van der Waals surface area contributed by atoms with Gasteiger partial charge >= 0.3 is 5.97 Å². The second-order valence-corrected chi connectivity index (χ2v) is 6.66. The number of hydrogen-bond donors (Lipinski definition) is 0. The minimum atomic E-state index is -0.241. The highest BCUT2D eigenvalue weighted by molar-refractivity contribution is 5.83. The number of fused-ring (bicyclic) bond motifs is 5. The van der Waals surface area contributed by atoms with Crippen molar-refractivity contribution in [2.24, 2.45) is 35.5 Å². The summed E-state index contributed by atoms with van der Waals surface area (Å²) in [5, 5.41) is 0. The van der Waals surface area contributed by atoms with Crippen LogP contribution in [0.5, 0.6) is 0 Å². The molecule has 0 radical (unpaired) electrons. The SMILES string of the molecule is COC(=O)C(C)CN(C)C(=O)C1C2C3CCC(C3)C12. The van der Waals surface area contributed by atoms with Crippen LogP contribution in [0.1, 0.15) is 26.2 Å². The van der Waals surface area contributed by atoms with Crippen LogP contribution in [0.2, 0.25) is 0 Å². The van der Waals surface area contributed by atoms with E-state index in [0.29, 0.717) is 18.4 Å². The van der Waals surface area contributed by atoms with E-state index in [9.17, 15) is 9.59 Å². The Labute approximate surface area is 114 Å². The van der Waals surface area contributed by atoms with Gasteiger partial charge in [0.2, 0.25) is 5.91 Å². The minimum Gasteiger partial charge on any atom is -0.469 e. The van der Waals surface area contributed by atoms with Gasteiger partial charge in [0.15, 0.2) is 0 Å². The molecule has 1 amide bonds. The van der Waals surface area contributed by atoms with Crippen molar-refractivity contribution in [2.45, 2.75) is 26.2 Å². The third-order valence-electron chi connectivity index (χ3n) is 5.55. The lowest BCUT2D eigenvalue weighted by molar-refractivity contribution is -0.146. The first-order chi connectivity index (χ1) is 9.04.